The molecule has 0 aromatic carbocycles. The summed E-state index contributed by atoms with van der Waals surface area (Å²) in [5.41, 5.74) is 1.71. The highest BCUT2D eigenvalue weighted by molar-refractivity contribution is 5.17. The molecule has 0 radical (unpaired) electrons. The summed E-state index contributed by atoms with van der Waals surface area (Å²) in [7, 11) is 0. The molecule has 1 rings (SSSR count). The Bertz CT molecular complexity index is 233. The van der Waals surface area contributed by atoms with Gasteiger partial charge in [0.1, 0.15) is 0 Å². The van der Waals surface area contributed by atoms with E-state index in [1.54, 1.807) is 0 Å². The molecular formula is C8H10FN. The zero-order valence-electron chi connectivity index (χ0n) is 6.19. The third kappa shape index (κ3) is 1.32. The van der Waals surface area contributed by atoms with Crippen molar-refractivity contribution in [1.82, 2.24) is 4.98 Å². The summed E-state index contributed by atoms with van der Waals surface area (Å²) in [6.07, 6.45) is 2.25. The average Bonchev–Trinajstić information content (AvgIpc) is 1.94. The van der Waals surface area contributed by atoms with Crippen LogP contribution in [0, 0.1) is 12.9 Å². The highest BCUT2D eigenvalue weighted by atomic mass is 19.1. The zero-order chi connectivity index (χ0) is 7.56. The number of aromatic nitrogens is 1. The van der Waals surface area contributed by atoms with Gasteiger partial charge in [0.05, 0.1) is 0 Å². The molecule has 2 heteroatoms. The van der Waals surface area contributed by atoms with Gasteiger partial charge in [-0.05, 0) is 18.9 Å². The number of halogens is 1. The van der Waals surface area contributed by atoms with Crippen molar-refractivity contribution < 1.29 is 4.39 Å². The maximum Gasteiger partial charge on any atom is 0.216 e. The highest BCUT2D eigenvalue weighted by Gasteiger charge is 1.98. The fourth-order valence-electron chi connectivity index (χ4n) is 0.861. The molecule has 0 aliphatic rings. The first kappa shape index (κ1) is 7.19. The summed E-state index contributed by atoms with van der Waals surface area (Å²) < 4.78 is 12.7. The Kier molecular flexibility index (Phi) is 2.00. The van der Waals surface area contributed by atoms with Crippen molar-refractivity contribution in [2.24, 2.45) is 0 Å². The molecule has 0 aliphatic carbocycles. The van der Waals surface area contributed by atoms with Crippen LogP contribution in [0.4, 0.5) is 4.39 Å². The molecule has 54 valence electrons. The van der Waals surface area contributed by atoms with Gasteiger partial charge in [-0.25, -0.2) is 4.98 Å². The second kappa shape index (κ2) is 2.78. The van der Waals surface area contributed by atoms with Gasteiger partial charge in [-0.15, -0.1) is 0 Å². The fraction of sp³-hybridized carbons (Fsp3) is 0.375. The van der Waals surface area contributed by atoms with E-state index in [9.17, 15) is 4.39 Å². The molecule has 1 heterocycles. The standard InChI is InChI=1S/C8H10FN/c1-3-7-4-6(2)5-10-8(7)9/h4-5H,3H2,1-2H3. The van der Waals surface area contributed by atoms with E-state index in [4.69, 9.17) is 0 Å². The minimum atomic E-state index is -0.340. The van der Waals surface area contributed by atoms with Crippen molar-refractivity contribution in [3.8, 4) is 0 Å². The SMILES string of the molecule is CCc1cc(C)cnc1F. The minimum absolute atomic E-state index is 0.340. The van der Waals surface area contributed by atoms with Crippen LogP contribution in [0.3, 0.4) is 0 Å². The first-order valence-electron chi connectivity index (χ1n) is 3.35. The first-order valence-corrected chi connectivity index (χ1v) is 3.35. The average molecular weight is 139 g/mol. The van der Waals surface area contributed by atoms with Crippen LogP contribution in [-0.4, -0.2) is 4.98 Å². The molecule has 1 aromatic rings. The molecule has 0 saturated carbocycles. The Morgan fingerprint density at radius 3 is 2.80 bits per heavy atom. The molecule has 0 N–H and O–H groups in total. The number of hydrogen-bond donors (Lipinski definition) is 0. The van der Waals surface area contributed by atoms with E-state index < -0.39 is 0 Å². The number of nitrogens with zero attached hydrogens (tertiary/aromatic N) is 1. The van der Waals surface area contributed by atoms with Crippen LogP contribution in [0.5, 0.6) is 0 Å². The van der Waals surface area contributed by atoms with Gasteiger partial charge in [0.2, 0.25) is 5.95 Å². The van der Waals surface area contributed by atoms with Gasteiger partial charge in [0, 0.05) is 11.8 Å². The number of pyridine rings is 1. The summed E-state index contributed by atoms with van der Waals surface area (Å²) in [5.74, 6) is -0.340. The van der Waals surface area contributed by atoms with Crippen molar-refractivity contribution in [2.75, 3.05) is 0 Å². The van der Waals surface area contributed by atoms with Crippen molar-refractivity contribution in [1.29, 1.82) is 0 Å². The molecule has 1 nitrogen and oxygen atoms in total. The van der Waals surface area contributed by atoms with Gasteiger partial charge in [0.15, 0.2) is 0 Å². The monoisotopic (exact) mass is 139 g/mol. The van der Waals surface area contributed by atoms with E-state index in [2.05, 4.69) is 4.98 Å². The van der Waals surface area contributed by atoms with Gasteiger partial charge in [-0.1, -0.05) is 13.0 Å². The van der Waals surface area contributed by atoms with Crippen LogP contribution in [0.15, 0.2) is 12.3 Å². The predicted octanol–water partition coefficient (Wildman–Crippen LogP) is 2.09. The lowest BCUT2D eigenvalue weighted by molar-refractivity contribution is 0.567. The molecule has 0 atom stereocenters. The topological polar surface area (TPSA) is 12.9 Å². The van der Waals surface area contributed by atoms with Crippen LogP contribution in [0.1, 0.15) is 18.1 Å². The zero-order valence-corrected chi connectivity index (χ0v) is 6.19. The van der Waals surface area contributed by atoms with Gasteiger partial charge in [-0.3, -0.25) is 0 Å². The van der Waals surface area contributed by atoms with Gasteiger partial charge >= 0.3 is 0 Å². The first-order chi connectivity index (χ1) is 4.74. The van der Waals surface area contributed by atoms with E-state index >= 15 is 0 Å². The maximum absolute atomic E-state index is 12.7. The van der Waals surface area contributed by atoms with Crippen molar-refractivity contribution in [2.45, 2.75) is 20.3 Å². The molecule has 0 bridgehead atoms. The van der Waals surface area contributed by atoms with Crippen molar-refractivity contribution >= 4 is 0 Å². The van der Waals surface area contributed by atoms with Crippen LogP contribution >= 0.6 is 0 Å². The summed E-state index contributed by atoms with van der Waals surface area (Å²) >= 11 is 0. The van der Waals surface area contributed by atoms with E-state index in [1.165, 1.54) is 6.20 Å². The Morgan fingerprint density at radius 1 is 1.60 bits per heavy atom. The van der Waals surface area contributed by atoms with E-state index in [1.807, 2.05) is 19.9 Å². The lowest BCUT2D eigenvalue weighted by Crippen LogP contribution is -1.92. The second-order valence-corrected chi connectivity index (χ2v) is 2.32. The van der Waals surface area contributed by atoms with E-state index in [0.717, 1.165) is 5.56 Å². The van der Waals surface area contributed by atoms with E-state index in [0.29, 0.717) is 12.0 Å². The third-order valence-electron chi connectivity index (χ3n) is 1.43. The van der Waals surface area contributed by atoms with Crippen LogP contribution < -0.4 is 0 Å². The molecule has 0 saturated heterocycles. The summed E-state index contributed by atoms with van der Waals surface area (Å²) in [6.45, 7) is 3.82. The molecule has 10 heavy (non-hydrogen) atoms. The van der Waals surface area contributed by atoms with Gasteiger partial charge < -0.3 is 0 Å². The molecule has 0 aliphatic heterocycles. The Balaban J connectivity index is 3.09. The van der Waals surface area contributed by atoms with Crippen LogP contribution in [0.2, 0.25) is 0 Å². The summed E-state index contributed by atoms with van der Waals surface area (Å²) in [6, 6.07) is 1.82. The Morgan fingerprint density at radius 2 is 2.30 bits per heavy atom. The number of rotatable bonds is 1. The summed E-state index contributed by atoms with van der Waals surface area (Å²) in [5, 5.41) is 0. The van der Waals surface area contributed by atoms with Gasteiger partial charge in [0.25, 0.3) is 0 Å². The summed E-state index contributed by atoms with van der Waals surface area (Å²) in [4.78, 5) is 3.58. The molecule has 0 unspecified atom stereocenters. The van der Waals surface area contributed by atoms with Crippen LogP contribution in [0.25, 0.3) is 0 Å². The van der Waals surface area contributed by atoms with Crippen LogP contribution in [-0.2, 0) is 6.42 Å². The van der Waals surface area contributed by atoms with Crippen molar-refractivity contribution in [3.63, 3.8) is 0 Å². The maximum atomic E-state index is 12.7. The smallest absolute Gasteiger partial charge is 0.216 e. The molecule has 0 amide bonds. The fourth-order valence-corrected chi connectivity index (χ4v) is 0.861. The molecule has 0 fully saturated rings. The Hall–Kier alpha value is -0.920. The van der Waals surface area contributed by atoms with E-state index in [-0.39, 0.29) is 5.95 Å². The van der Waals surface area contributed by atoms with Gasteiger partial charge in [-0.2, -0.15) is 4.39 Å². The highest BCUT2D eigenvalue weighted by Crippen LogP contribution is 2.06. The van der Waals surface area contributed by atoms with Crippen molar-refractivity contribution in [3.05, 3.63) is 29.3 Å². The predicted molar refractivity (Wildman–Crippen MR) is 38.3 cm³/mol. The quantitative estimate of drug-likeness (QED) is 0.543. The minimum Gasteiger partial charge on any atom is -0.228 e. The largest absolute Gasteiger partial charge is 0.228 e. The normalized spacial score (nSPS) is 9.90. The second-order valence-electron chi connectivity index (χ2n) is 2.32. The lowest BCUT2D eigenvalue weighted by atomic mass is 10.2. The lowest BCUT2D eigenvalue weighted by Gasteiger charge is -1.97. The molecule has 0 spiro atoms. The molecule has 1 aromatic heterocycles. The number of aryl methyl sites for hydroxylation is 2. The number of hydrogen-bond acceptors (Lipinski definition) is 1. The third-order valence-corrected chi connectivity index (χ3v) is 1.43. The Labute approximate surface area is 59.9 Å². The molecular weight excluding hydrogens is 129 g/mol.